The molecule has 0 unspecified atom stereocenters. The Morgan fingerprint density at radius 2 is 2.05 bits per heavy atom. The molecular formula is C14H19BrFN3O2. The molecule has 5 nitrogen and oxygen atoms in total. The zero-order valence-electron chi connectivity index (χ0n) is 12.1. The van der Waals surface area contributed by atoms with Gasteiger partial charge in [0, 0.05) is 37.6 Å². The van der Waals surface area contributed by atoms with E-state index in [1.165, 1.54) is 12.1 Å². The molecule has 0 radical (unpaired) electrons. The molecule has 1 aromatic rings. The molecule has 0 aliphatic heterocycles. The van der Waals surface area contributed by atoms with Gasteiger partial charge in [-0.3, -0.25) is 9.59 Å². The Kier molecular flexibility index (Phi) is 7.31. The highest BCUT2D eigenvalue weighted by Crippen LogP contribution is 2.17. The van der Waals surface area contributed by atoms with Crippen molar-refractivity contribution in [3.63, 3.8) is 0 Å². The summed E-state index contributed by atoms with van der Waals surface area (Å²) >= 11 is 3.19. The molecule has 7 heteroatoms. The molecular weight excluding hydrogens is 341 g/mol. The topological polar surface area (TPSA) is 61.4 Å². The van der Waals surface area contributed by atoms with Crippen LogP contribution in [0.3, 0.4) is 0 Å². The first-order chi connectivity index (χ1) is 9.95. The Bertz CT molecular complexity index is 511. The number of hydrogen-bond donors (Lipinski definition) is 2. The molecule has 0 saturated carbocycles. The number of rotatable bonds is 7. The van der Waals surface area contributed by atoms with Crippen LogP contribution in [-0.2, 0) is 4.79 Å². The van der Waals surface area contributed by atoms with Crippen LogP contribution in [0.5, 0.6) is 0 Å². The van der Waals surface area contributed by atoms with E-state index in [0.29, 0.717) is 17.6 Å². The van der Waals surface area contributed by atoms with Gasteiger partial charge in [-0.2, -0.15) is 0 Å². The fourth-order valence-corrected chi connectivity index (χ4v) is 2.07. The van der Waals surface area contributed by atoms with Crippen molar-refractivity contribution in [2.75, 3.05) is 33.7 Å². The largest absolute Gasteiger partial charge is 0.351 e. The zero-order chi connectivity index (χ0) is 15.8. The average Bonchev–Trinajstić information content (AvgIpc) is 2.46. The highest BCUT2D eigenvalue weighted by Gasteiger charge is 2.12. The third kappa shape index (κ3) is 5.81. The molecule has 0 fully saturated rings. The minimum atomic E-state index is -0.480. The van der Waals surface area contributed by atoms with E-state index in [9.17, 15) is 14.0 Å². The van der Waals surface area contributed by atoms with Gasteiger partial charge in [0.2, 0.25) is 5.91 Å². The number of nitrogens with one attached hydrogen (secondary N) is 2. The summed E-state index contributed by atoms with van der Waals surface area (Å²) in [5, 5.41) is 5.57. The van der Waals surface area contributed by atoms with Crippen molar-refractivity contribution >= 4 is 27.7 Å². The van der Waals surface area contributed by atoms with E-state index in [0.717, 1.165) is 6.07 Å². The summed E-state index contributed by atoms with van der Waals surface area (Å²) in [6.07, 6.45) is 0.207. The van der Waals surface area contributed by atoms with Crippen LogP contribution in [0, 0.1) is 5.82 Å². The highest BCUT2D eigenvalue weighted by molar-refractivity contribution is 9.10. The normalized spacial score (nSPS) is 10.3. The fourth-order valence-electron chi connectivity index (χ4n) is 1.64. The second kappa shape index (κ2) is 8.74. The second-order valence-electron chi connectivity index (χ2n) is 4.55. The molecule has 2 N–H and O–H groups in total. The van der Waals surface area contributed by atoms with E-state index in [1.54, 1.807) is 11.9 Å². The fraction of sp³-hybridized carbons (Fsp3) is 0.429. The number of benzene rings is 1. The molecule has 1 aromatic carbocycles. The van der Waals surface area contributed by atoms with Crippen LogP contribution >= 0.6 is 15.9 Å². The number of hydrogen-bond acceptors (Lipinski definition) is 3. The zero-order valence-corrected chi connectivity index (χ0v) is 13.7. The van der Waals surface area contributed by atoms with E-state index in [1.807, 2.05) is 7.05 Å². The minimum Gasteiger partial charge on any atom is -0.351 e. The molecule has 0 heterocycles. The smallest absolute Gasteiger partial charge is 0.252 e. The summed E-state index contributed by atoms with van der Waals surface area (Å²) in [6, 6.07) is 3.89. The third-order valence-electron chi connectivity index (χ3n) is 2.92. The summed E-state index contributed by atoms with van der Waals surface area (Å²) in [6.45, 7) is 1.54. The number of carbonyl (C=O) groups excluding carboxylic acids is 2. The van der Waals surface area contributed by atoms with Crippen molar-refractivity contribution in [1.29, 1.82) is 0 Å². The van der Waals surface area contributed by atoms with Crippen LogP contribution in [0.2, 0.25) is 0 Å². The van der Waals surface area contributed by atoms with E-state index >= 15 is 0 Å². The molecule has 21 heavy (non-hydrogen) atoms. The van der Waals surface area contributed by atoms with Gasteiger partial charge in [0.25, 0.3) is 5.91 Å². The lowest BCUT2D eigenvalue weighted by molar-refractivity contribution is -0.129. The highest BCUT2D eigenvalue weighted by atomic mass is 79.9. The molecule has 116 valence electrons. The first kappa shape index (κ1) is 17.6. The maximum atomic E-state index is 13.1. The Morgan fingerprint density at radius 1 is 1.33 bits per heavy atom. The lowest BCUT2D eigenvalue weighted by atomic mass is 10.2. The summed E-state index contributed by atoms with van der Waals surface area (Å²) in [5.74, 6) is -0.942. The first-order valence-electron chi connectivity index (χ1n) is 6.57. The molecule has 0 saturated heterocycles. The number of carbonyl (C=O) groups is 2. The minimum absolute atomic E-state index is 0.0520. The Labute approximate surface area is 132 Å². The molecule has 0 aliphatic rings. The van der Waals surface area contributed by atoms with Crippen molar-refractivity contribution < 1.29 is 14.0 Å². The van der Waals surface area contributed by atoms with Crippen molar-refractivity contribution in [2.24, 2.45) is 0 Å². The maximum absolute atomic E-state index is 13.1. The predicted octanol–water partition coefficient (Wildman–Crippen LogP) is 1.39. The summed E-state index contributed by atoms with van der Waals surface area (Å²) in [5.41, 5.74) is 0.214. The van der Waals surface area contributed by atoms with Gasteiger partial charge in [0.15, 0.2) is 0 Å². The van der Waals surface area contributed by atoms with Gasteiger partial charge < -0.3 is 15.5 Å². The van der Waals surface area contributed by atoms with Crippen LogP contribution in [0.4, 0.5) is 4.39 Å². The SMILES string of the molecule is CNCCN(C)C(=O)CCNC(=O)c1cc(F)ccc1Br. The molecule has 2 amide bonds. The summed E-state index contributed by atoms with van der Waals surface area (Å²) in [7, 11) is 3.53. The lowest BCUT2D eigenvalue weighted by Gasteiger charge is -2.17. The van der Waals surface area contributed by atoms with Gasteiger partial charge in [-0.1, -0.05) is 0 Å². The molecule has 0 spiro atoms. The summed E-state index contributed by atoms with van der Waals surface area (Å²) < 4.78 is 13.6. The van der Waals surface area contributed by atoms with Gasteiger partial charge in [0.05, 0.1) is 5.56 Å². The van der Waals surface area contributed by atoms with Crippen LogP contribution < -0.4 is 10.6 Å². The van der Waals surface area contributed by atoms with Crippen LogP contribution in [0.25, 0.3) is 0 Å². The van der Waals surface area contributed by atoms with Gasteiger partial charge in [-0.05, 0) is 41.2 Å². The number of nitrogens with zero attached hydrogens (tertiary/aromatic N) is 1. The monoisotopic (exact) mass is 359 g/mol. The van der Waals surface area contributed by atoms with Crippen molar-refractivity contribution in [3.8, 4) is 0 Å². The third-order valence-corrected chi connectivity index (χ3v) is 3.61. The van der Waals surface area contributed by atoms with Gasteiger partial charge in [-0.25, -0.2) is 4.39 Å². The standard InChI is InChI=1S/C14H19BrFN3O2/c1-17-7-8-19(2)13(20)5-6-18-14(21)11-9-10(16)3-4-12(11)15/h3-4,9,17H,5-8H2,1-2H3,(H,18,21). The van der Waals surface area contributed by atoms with E-state index in [-0.39, 0.29) is 24.4 Å². The molecule has 0 atom stereocenters. The summed E-state index contributed by atoms with van der Waals surface area (Å²) in [4.78, 5) is 25.3. The number of halogens is 2. The second-order valence-corrected chi connectivity index (χ2v) is 5.40. The Balaban J connectivity index is 2.43. The number of amides is 2. The predicted molar refractivity (Wildman–Crippen MR) is 82.6 cm³/mol. The molecule has 0 aliphatic carbocycles. The lowest BCUT2D eigenvalue weighted by Crippen LogP contribution is -2.35. The van der Waals surface area contributed by atoms with Gasteiger partial charge in [-0.15, -0.1) is 0 Å². The van der Waals surface area contributed by atoms with Crippen LogP contribution in [-0.4, -0.2) is 50.4 Å². The van der Waals surface area contributed by atoms with E-state index in [2.05, 4.69) is 26.6 Å². The van der Waals surface area contributed by atoms with Crippen molar-refractivity contribution in [1.82, 2.24) is 15.5 Å². The molecule has 0 bridgehead atoms. The van der Waals surface area contributed by atoms with E-state index < -0.39 is 11.7 Å². The Morgan fingerprint density at radius 3 is 2.71 bits per heavy atom. The quantitative estimate of drug-likeness (QED) is 0.773. The molecule has 0 aromatic heterocycles. The maximum Gasteiger partial charge on any atom is 0.252 e. The first-order valence-corrected chi connectivity index (χ1v) is 7.36. The van der Waals surface area contributed by atoms with Crippen molar-refractivity contribution in [3.05, 3.63) is 34.1 Å². The van der Waals surface area contributed by atoms with Crippen molar-refractivity contribution in [2.45, 2.75) is 6.42 Å². The molecule has 1 rings (SSSR count). The number of likely N-dealkylation sites (N-methyl/N-ethyl adjacent to an activating group) is 2. The van der Waals surface area contributed by atoms with E-state index in [4.69, 9.17) is 0 Å². The van der Waals surface area contributed by atoms with Crippen LogP contribution in [0.1, 0.15) is 16.8 Å². The van der Waals surface area contributed by atoms with Gasteiger partial charge in [0.1, 0.15) is 5.82 Å². The average molecular weight is 360 g/mol. The Hall–Kier alpha value is -1.47. The van der Waals surface area contributed by atoms with Gasteiger partial charge >= 0.3 is 0 Å². The van der Waals surface area contributed by atoms with Crippen LogP contribution in [0.15, 0.2) is 22.7 Å².